The largest absolute Gasteiger partial charge is 0.494 e. The fraction of sp³-hybridized carbons (Fsp3) is 0.333. The Morgan fingerprint density at radius 1 is 1.03 bits per heavy atom. The van der Waals surface area contributed by atoms with E-state index in [1.807, 2.05) is 69.3 Å². The Morgan fingerprint density at radius 3 is 2.53 bits per heavy atom. The predicted octanol–water partition coefficient (Wildman–Crippen LogP) is 4.31. The second kappa shape index (κ2) is 10.5. The molecule has 0 unspecified atom stereocenters. The van der Waals surface area contributed by atoms with Crippen molar-refractivity contribution in [3.05, 3.63) is 76.7 Å². The number of carbonyl (C=O) groups is 1. The summed E-state index contributed by atoms with van der Waals surface area (Å²) in [6.45, 7) is 7.36. The molecule has 0 atom stereocenters. The lowest BCUT2D eigenvalue weighted by Gasteiger charge is -2.09. The summed E-state index contributed by atoms with van der Waals surface area (Å²) in [5, 5.41) is 6.85. The van der Waals surface area contributed by atoms with Crippen molar-refractivity contribution in [1.29, 1.82) is 0 Å². The fourth-order valence-corrected chi connectivity index (χ4v) is 3.01. The lowest BCUT2D eigenvalue weighted by atomic mass is 10.1. The second-order valence-corrected chi connectivity index (χ2v) is 7.28. The fourth-order valence-electron chi connectivity index (χ4n) is 3.01. The van der Waals surface area contributed by atoms with Crippen LogP contribution in [0.4, 0.5) is 0 Å². The van der Waals surface area contributed by atoms with E-state index in [1.165, 1.54) is 5.56 Å². The minimum Gasteiger partial charge on any atom is -0.494 e. The SMILES string of the molecule is Cc1cccc(OCCCNC(=O)Cc2ccc(OCc3c(C)noc3C)cc2)c1. The maximum Gasteiger partial charge on any atom is 0.224 e. The van der Waals surface area contributed by atoms with Crippen LogP contribution in [0, 0.1) is 20.8 Å². The van der Waals surface area contributed by atoms with E-state index in [0.29, 0.717) is 26.2 Å². The molecule has 0 radical (unpaired) electrons. The van der Waals surface area contributed by atoms with Crippen LogP contribution in [0.15, 0.2) is 53.1 Å². The van der Waals surface area contributed by atoms with Crippen LogP contribution < -0.4 is 14.8 Å². The van der Waals surface area contributed by atoms with Gasteiger partial charge in [-0.25, -0.2) is 0 Å². The monoisotopic (exact) mass is 408 g/mol. The number of rotatable bonds is 10. The quantitative estimate of drug-likeness (QED) is 0.506. The number of hydrogen-bond acceptors (Lipinski definition) is 5. The van der Waals surface area contributed by atoms with Gasteiger partial charge in [-0.05, 0) is 62.6 Å². The van der Waals surface area contributed by atoms with Gasteiger partial charge < -0.3 is 19.3 Å². The number of aryl methyl sites for hydroxylation is 3. The van der Waals surface area contributed by atoms with Gasteiger partial charge in [-0.2, -0.15) is 0 Å². The third-order valence-electron chi connectivity index (χ3n) is 4.75. The van der Waals surface area contributed by atoms with Crippen LogP contribution in [-0.2, 0) is 17.8 Å². The zero-order chi connectivity index (χ0) is 21.3. The molecule has 3 aromatic rings. The van der Waals surface area contributed by atoms with Gasteiger partial charge in [0.1, 0.15) is 23.9 Å². The molecular formula is C24H28N2O4. The van der Waals surface area contributed by atoms with Crippen molar-refractivity contribution in [1.82, 2.24) is 10.5 Å². The molecule has 3 rings (SSSR count). The minimum atomic E-state index is -0.00468. The van der Waals surface area contributed by atoms with Crippen molar-refractivity contribution in [2.24, 2.45) is 0 Å². The molecule has 0 bridgehead atoms. The smallest absolute Gasteiger partial charge is 0.224 e. The highest BCUT2D eigenvalue weighted by Gasteiger charge is 2.10. The molecule has 0 saturated carbocycles. The molecule has 158 valence electrons. The van der Waals surface area contributed by atoms with E-state index >= 15 is 0 Å². The summed E-state index contributed by atoms with van der Waals surface area (Å²) in [5.74, 6) is 2.37. The number of nitrogens with zero attached hydrogens (tertiary/aromatic N) is 1. The van der Waals surface area contributed by atoms with Crippen molar-refractivity contribution in [3.63, 3.8) is 0 Å². The summed E-state index contributed by atoms with van der Waals surface area (Å²) in [5.41, 5.74) is 3.91. The van der Waals surface area contributed by atoms with Gasteiger partial charge in [0.05, 0.1) is 24.3 Å². The third-order valence-corrected chi connectivity index (χ3v) is 4.75. The van der Waals surface area contributed by atoms with Gasteiger partial charge >= 0.3 is 0 Å². The first-order valence-corrected chi connectivity index (χ1v) is 10.1. The number of nitrogens with one attached hydrogen (secondary N) is 1. The Morgan fingerprint density at radius 2 is 1.83 bits per heavy atom. The summed E-state index contributed by atoms with van der Waals surface area (Å²) in [4.78, 5) is 12.1. The maximum atomic E-state index is 12.1. The van der Waals surface area contributed by atoms with Crippen LogP contribution in [0.1, 0.15) is 34.6 Å². The molecular weight excluding hydrogens is 380 g/mol. The number of carbonyl (C=O) groups excluding carboxylic acids is 1. The first-order valence-electron chi connectivity index (χ1n) is 10.1. The lowest BCUT2D eigenvalue weighted by Crippen LogP contribution is -2.27. The van der Waals surface area contributed by atoms with Gasteiger partial charge in [-0.1, -0.05) is 29.4 Å². The van der Waals surface area contributed by atoms with E-state index < -0.39 is 0 Å². The summed E-state index contributed by atoms with van der Waals surface area (Å²) in [6, 6.07) is 15.5. The van der Waals surface area contributed by atoms with E-state index in [1.54, 1.807) is 0 Å². The summed E-state index contributed by atoms with van der Waals surface area (Å²) < 4.78 is 16.6. The number of benzene rings is 2. The highest BCUT2D eigenvalue weighted by Crippen LogP contribution is 2.18. The Bertz CT molecular complexity index is 944. The molecule has 0 spiro atoms. The standard InChI is InChI=1S/C24H28N2O4/c1-17-6-4-7-22(14-17)28-13-5-12-25-24(27)15-20-8-10-21(11-9-20)29-16-23-18(2)26-30-19(23)3/h4,6-11,14H,5,12-13,15-16H2,1-3H3,(H,25,27). The first-order chi connectivity index (χ1) is 14.5. The van der Waals surface area contributed by atoms with E-state index in [2.05, 4.69) is 10.5 Å². The molecule has 0 aliphatic rings. The molecule has 30 heavy (non-hydrogen) atoms. The molecule has 1 amide bonds. The van der Waals surface area contributed by atoms with Crippen LogP contribution in [0.5, 0.6) is 11.5 Å². The van der Waals surface area contributed by atoms with Crippen molar-refractivity contribution < 1.29 is 18.8 Å². The molecule has 0 aliphatic carbocycles. The van der Waals surface area contributed by atoms with Crippen LogP contribution in [-0.4, -0.2) is 24.2 Å². The zero-order valence-electron chi connectivity index (χ0n) is 17.7. The van der Waals surface area contributed by atoms with Gasteiger partial charge in [0.15, 0.2) is 0 Å². The molecule has 1 aromatic heterocycles. The van der Waals surface area contributed by atoms with Gasteiger partial charge in [-0.3, -0.25) is 4.79 Å². The number of amides is 1. The van der Waals surface area contributed by atoms with Crippen molar-refractivity contribution >= 4 is 5.91 Å². The van der Waals surface area contributed by atoms with E-state index in [-0.39, 0.29) is 5.91 Å². The summed E-state index contributed by atoms with van der Waals surface area (Å²) in [6.07, 6.45) is 1.09. The van der Waals surface area contributed by atoms with E-state index in [4.69, 9.17) is 14.0 Å². The van der Waals surface area contributed by atoms with Crippen LogP contribution in [0.3, 0.4) is 0 Å². The number of aromatic nitrogens is 1. The Balaban J connectivity index is 1.35. The van der Waals surface area contributed by atoms with Crippen molar-refractivity contribution in [2.75, 3.05) is 13.2 Å². The number of ether oxygens (including phenoxy) is 2. The van der Waals surface area contributed by atoms with Gasteiger partial charge in [0, 0.05) is 6.54 Å². The minimum absolute atomic E-state index is 0.00468. The van der Waals surface area contributed by atoms with Crippen molar-refractivity contribution in [2.45, 2.75) is 40.2 Å². The first kappa shape index (κ1) is 21.4. The molecule has 1 N–H and O–H groups in total. The highest BCUT2D eigenvalue weighted by atomic mass is 16.5. The molecule has 0 aliphatic heterocycles. The van der Waals surface area contributed by atoms with Crippen LogP contribution >= 0.6 is 0 Å². The topological polar surface area (TPSA) is 73.6 Å². The number of hydrogen-bond donors (Lipinski definition) is 1. The average molecular weight is 408 g/mol. The molecule has 0 fully saturated rings. The van der Waals surface area contributed by atoms with Gasteiger partial charge in [-0.15, -0.1) is 0 Å². The highest BCUT2D eigenvalue weighted by molar-refractivity contribution is 5.78. The average Bonchev–Trinajstić information content (AvgIpc) is 3.05. The molecule has 6 heteroatoms. The van der Waals surface area contributed by atoms with Gasteiger partial charge in [0.2, 0.25) is 5.91 Å². The van der Waals surface area contributed by atoms with E-state index in [0.717, 1.165) is 40.5 Å². The molecule has 2 aromatic carbocycles. The normalized spacial score (nSPS) is 10.6. The van der Waals surface area contributed by atoms with Gasteiger partial charge in [0.25, 0.3) is 0 Å². The second-order valence-electron chi connectivity index (χ2n) is 7.28. The Kier molecular flexibility index (Phi) is 7.49. The molecule has 1 heterocycles. The molecule has 0 saturated heterocycles. The third kappa shape index (κ3) is 6.37. The molecule has 6 nitrogen and oxygen atoms in total. The van der Waals surface area contributed by atoms with Crippen LogP contribution in [0.2, 0.25) is 0 Å². The summed E-state index contributed by atoms with van der Waals surface area (Å²) >= 11 is 0. The Hall–Kier alpha value is -3.28. The van der Waals surface area contributed by atoms with E-state index in [9.17, 15) is 4.79 Å². The Labute approximate surface area is 177 Å². The van der Waals surface area contributed by atoms with Crippen LogP contribution in [0.25, 0.3) is 0 Å². The summed E-state index contributed by atoms with van der Waals surface area (Å²) in [7, 11) is 0. The zero-order valence-corrected chi connectivity index (χ0v) is 17.7. The predicted molar refractivity (Wildman–Crippen MR) is 115 cm³/mol. The van der Waals surface area contributed by atoms with Crippen molar-refractivity contribution in [3.8, 4) is 11.5 Å². The lowest BCUT2D eigenvalue weighted by molar-refractivity contribution is -0.120. The maximum absolute atomic E-state index is 12.1.